The van der Waals surface area contributed by atoms with Crippen LogP contribution in [0.3, 0.4) is 0 Å². The van der Waals surface area contributed by atoms with Crippen LogP contribution in [0.4, 0.5) is 11.4 Å². The van der Waals surface area contributed by atoms with Gasteiger partial charge in [0.2, 0.25) is 11.8 Å². The molecule has 6 nitrogen and oxygen atoms in total. The highest BCUT2D eigenvalue weighted by Crippen LogP contribution is 2.27. The Labute approximate surface area is 136 Å². The van der Waals surface area contributed by atoms with Gasteiger partial charge < -0.3 is 20.5 Å². The fourth-order valence-electron chi connectivity index (χ4n) is 1.50. The van der Waals surface area contributed by atoms with Crippen molar-refractivity contribution in [2.45, 2.75) is 41.5 Å². The highest BCUT2D eigenvalue weighted by Gasteiger charge is 2.25. The number of hydrogen-bond donors (Lipinski definition) is 2. The average molecular weight is 319 g/mol. The number of rotatable bonds is 3. The van der Waals surface area contributed by atoms with Gasteiger partial charge in [0.05, 0.1) is 17.3 Å². The molecule has 0 unspecified atom stereocenters. The van der Waals surface area contributed by atoms with Crippen molar-refractivity contribution in [2.75, 3.05) is 10.6 Å². The Morgan fingerprint density at radius 1 is 0.826 bits per heavy atom. The summed E-state index contributed by atoms with van der Waals surface area (Å²) in [5, 5.41) is 16.4. The first-order chi connectivity index (χ1) is 10.3. The SMILES string of the molecule is CC(C)(C)C(=O)Nc1ccc(C(=O)[O-])cc1NC(=O)C(C)(C)C. The summed E-state index contributed by atoms with van der Waals surface area (Å²) in [6.45, 7) is 10.5. The van der Waals surface area contributed by atoms with Crippen LogP contribution in [0.2, 0.25) is 0 Å². The summed E-state index contributed by atoms with van der Waals surface area (Å²) in [4.78, 5) is 35.3. The molecule has 0 atom stereocenters. The van der Waals surface area contributed by atoms with Crippen molar-refractivity contribution in [1.82, 2.24) is 0 Å². The van der Waals surface area contributed by atoms with E-state index in [1.165, 1.54) is 18.2 Å². The number of hydrogen-bond acceptors (Lipinski definition) is 4. The molecule has 1 aromatic rings. The average Bonchev–Trinajstić information content (AvgIpc) is 2.37. The van der Waals surface area contributed by atoms with Gasteiger partial charge in [0.15, 0.2) is 0 Å². The zero-order valence-corrected chi connectivity index (χ0v) is 14.4. The van der Waals surface area contributed by atoms with E-state index in [9.17, 15) is 19.5 Å². The molecule has 0 aliphatic carbocycles. The summed E-state index contributed by atoms with van der Waals surface area (Å²) < 4.78 is 0. The molecule has 0 aliphatic rings. The second-order valence-electron chi connectivity index (χ2n) is 7.46. The van der Waals surface area contributed by atoms with E-state index in [0.717, 1.165) is 0 Å². The van der Waals surface area contributed by atoms with Crippen molar-refractivity contribution in [1.29, 1.82) is 0 Å². The molecule has 2 N–H and O–H groups in total. The lowest BCUT2D eigenvalue weighted by Gasteiger charge is -2.22. The van der Waals surface area contributed by atoms with Crippen LogP contribution in [0.1, 0.15) is 51.9 Å². The van der Waals surface area contributed by atoms with Gasteiger partial charge in [-0.2, -0.15) is 0 Å². The van der Waals surface area contributed by atoms with Gasteiger partial charge in [0.25, 0.3) is 0 Å². The maximum atomic E-state index is 12.2. The fraction of sp³-hybridized carbons (Fsp3) is 0.471. The summed E-state index contributed by atoms with van der Waals surface area (Å²) in [5.41, 5.74) is -0.805. The van der Waals surface area contributed by atoms with Gasteiger partial charge >= 0.3 is 0 Å². The van der Waals surface area contributed by atoms with Gasteiger partial charge in [-0.3, -0.25) is 9.59 Å². The number of carboxylic acids is 1. The molecule has 0 heterocycles. The van der Waals surface area contributed by atoms with Crippen LogP contribution < -0.4 is 15.7 Å². The van der Waals surface area contributed by atoms with E-state index in [2.05, 4.69) is 10.6 Å². The molecule has 0 aromatic heterocycles. The minimum absolute atomic E-state index is 0.0806. The number of anilines is 2. The van der Waals surface area contributed by atoms with Crippen molar-refractivity contribution in [2.24, 2.45) is 10.8 Å². The molecular weight excluding hydrogens is 296 g/mol. The van der Waals surface area contributed by atoms with E-state index in [1.807, 2.05) is 0 Å². The molecule has 1 aromatic carbocycles. The van der Waals surface area contributed by atoms with Crippen LogP contribution in [0.15, 0.2) is 18.2 Å². The van der Waals surface area contributed by atoms with E-state index >= 15 is 0 Å². The number of aromatic carboxylic acids is 1. The molecule has 0 aliphatic heterocycles. The molecular formula is C17H23N2O4-. The number of carboxylic acid groups (broad SMARTS) is 1. The predicted octanol–water partition coefficient (Wildman–Crippen LogP) is 2.02. The first kappa shape index (κ1) is 18.7. The Morgan fingerprint density at radius 2 is 1.26 bits per heavy atom. The number of carbonyl (C=O) groups is 3. The lowest BCUT2D eigenvalue weighted by molar-refractivity contribution is -0.255. The second kappa shape index (κ2) is 6.40. The smallest absolute Gasteiger partial charge is 0.229 e. The van der Waals surface area contributed by atoms with Gasteiger partial charge in [0, 0.05) is 10.8 Å². The summed E-state index contributed by atoms with van der Waals surface area (Å²) in [7, 11) is 0. The molecule has 1 rings (SSSR count). The molecule has 0 bridgehead atoms. The fourth-order valence-corrected chi connectivity index (χ4v) is 1.50. The Hall–Kier alpha value is -2.37. The summed E-state index contributed by atoms with van der Waals surface area (Å²) >= 11 is 0. The summed E-state index contributed by atoms with van der Waals surface area (Å²) in [6, 6.07) is 4.03. The molecule has 126 valence electrons. The van der Waals surface area contributed by atoms with E-state index in [-0.39, 0.29) is 23.1 Å². The highest BCUT2D eigenvalue weighted by molar-refractivity contribution is 6.03. The van der Waals surface area contributed by atoms with Crippen LogP contribution in [0.5, 0.6) is 0 Å². The number of benzene rings is 1. The highest BCUT2D eigenvalue weighted by atomic mass is 16.4. The molecule has 0 radical (unpaired) electrons. The lowest BCUT2D eigenvalue weighted by Crippen LogP contribution is -2.31. The number of amides is 2. The molecule has 0 spiro atoms. The Morgan fingerprint density at radius 3 is 1.65 bits per heavy atom. The van der Waals surface area contributed by atoms with Crippen molar-refractivity contribution < 1.29 is 19.5 Å². The Balaban J connectivity index is 3.22. The lowest BCUT2D eigenvalue weighted by atomic mass is 9.94. The maximum Gasteiger partial charge on any atom is 0.229 e. The summed E-state index contributed by atoms with van der Waals surface area (Å²) in [6.07, 6.45) is 0. The van der Waals surface area contributed by atoms with Crippen LogP contribution in [0, 0.1) is 10.8 Å². The Bertz CT molecular complexity index is 637. The van der Waals surface area contributed by atoms with Crippen LogP contribution >= 0.6 is 0 Å². The summed E-state index contributed by atoms with van der Waals surface area (Å²) in [5.74, 6) is -1.89. The molecule has 0 fully saturated rings. The predicted molar refractivity (Wildman–Crippen MR) is 86.9 cm³/mol. The zero-order valence-electron chi connectivity index (χ0n) is 14.4. The number of nitrogens with one attached hydrogen (secondary N) is 2. The third-order valence-electron chi connectivity index (χ3n) is 3.11. The maximum absolute atomic E-state index is 12.2. The topological polar surface area (TPSA) is 98.3 Å². The third kappa shape index (κ3) is 5.09. The minimum atomic E-state index is -1.36. The normalized spacial score (nSPS) is 11.7. The number of carbonyl (C=O) groups excluding carboxylic acids is 3. The Kier molecular flexibility index (Phi) is 5.20. The molecule has 0 saturated heterocycles. The van der Waals surface area contributed by atoms with Gasteiger partial charge in [-0.25, -0.2) is 0 Å². The first-order valence-corrected chi connectivity index (χ1v) is 7.30. The van der Waals surface area contributed by atoms with Crippen molar-refractivity contribution in [3.05, 3.63) is 23.8 Å². The third-order valence-corrected chi connectivity index (χ3v) is 3.11. The second-order valence-corrected chi connectivity index (χ2v) is 7.46. The van der Waals surface area contributed by atoms with E-state index in [1.54, 1.807) is 41.5 Å². The van der Waals surface area contributed by atoms with Gasteiger partial charge in [-0.05, 0) is 17.7 Å². The van der Waals surface area contributed by atoms with E-state index in [0.29, 0.717) is 5.69 Å². The van der Waals surface area contributed by atoms with Gasteiger partial charge in [-0.15, -0.1) is 0 Å². The largest absolute Gasteiger partial charge is 0.545 e. The minimum Gasteiger partial charge on any atom is -0.545 e. The van der Waals surface area contributed by atoms with Gasteiger partial charge in [0.1, 0.15) is 0 Å². The van der Waals surface area contributed by atoms with E-state index < -0.39 is 16.8 Å². The molecule has 0 saturated carbocycles. The first-order valence-electron chi connectivity index (χ1n) is 7.30. The van der Waals surface area contributed by atoms with Crippen LogP contribution in [-0.4, -0.2) is 17.8 Å². The standard InChI is InChI=1S/C17H24N2O4/c1-16(2,3)14(22)18-11-8-7-10(13(20)21)9-12(11)19-15(23)17(4,5)6/h7-9H,1-6H3,(H,18,22)(H,19,23)(H,20,21)/p-1. The molecule has 23 heavy (non-hydrogen) atoms. The van der Waals surface area contributed by atoms with Gasteiger partial charge in [-0.1, -0.05) is 47.6 Å². The van der Waals surface area contributed by atoms with Crippen molar-refractivity contribution >= 4 is 29.2 Å². The quantitative estimate of drug-likeness (QED) is 0.890. The van der Waals surface area contributed by atoms with E-state index in [4.69, 9.17) is 0 Å². The van der Waals surface area contributed by atoms with Crippen LogP contribution in [0.25, 0.3) is 0 Å². The molecule has 6 heteroatoms. The van der Waals surface area contributed by atoms with Crippen LogP contribution in [-0.2, 0) is 9.59 Å². The zero-order chi connectivity index (χ0) is 18.0. The molecule has 2 amide bonds. The van der Waals surface area contributed by atoms with Crippen molar-refractivity contribution in [3.63, 3.8) is 0 Å². The monoisotopic (exact) mass is 319 g/mol. The van der Waals surface area contributed by atoms with Crippen molar-refractivity contribution in [3.8, 4) is 0 Å².